The molecule has 2 N–H and O–H groups in total. The molecule has 1 aliphatic carbocycles. The minimum Gasteiger partial charge on any atom is -0.370 e. The molecule has 100 valence electrons. The maximum absolute atomic E-state index is 4.40. The van der Waals surface area contributed by atoms with Crippen molar-refractivity contribution in [2.24, 2.45) is 0 Å². The number of anilines is 2. The number of nitrogens with one attached hydrogen (secondary N) is 2. The van der Waals surface area contributed by atoms with Crippen LogP contribution in [-0.2, 0) is 0 Å². The highest BCUT2D eigenvalue weighted by atomic mass is 15.1. The van der Waals surface area contributed by atoms with E-state index < -0.39 is 0 Å². The van der Waals surface area contributed by atoms with E-state index in [2.05, 4.69) is 41.4 Å². The number of aromatic nitrogens is 2. The molecular formula is C14H24N4. The lowest BCUT2D eigenvalue weighted by molar-refractivity contribution is 0.348. The molecule has 0 saturated heterocycles. The lowest BCUT2D eigenvalue weighted by atomic mass is 9.83. The Bertz CT molecular complexity index is 397. The van der Waals surface area contributed by atoms with Gasteiger partial charge in [0.15, 0.2) is 0 Å². The quantitative estimate of drug-likeness (QED) is 0.858. The molecule has 4 heteroatoms. The van der Waals surface area contributed by atoms with Gasteiger partial charge in [-0.3, -0.25) is 0 Å². The third-order valence-corrected chi connectivity index (χ3v) is 3.81. The largest absolute Gasteiger partial charge is 0.370 e. The summed E-state index contributed by atoms with van der Waals surface area (Å²) in [6.07, 6.45) is 8.09. The first-order valence-corrected chi connectivity index (χ1v) is 6.98. The molecule has 0 unspecified atom stereocenters. The molecule has 1 aromatic rings. The van der Waals surface area contributed by atoms with Gasteiger partial charge in [-0.05, 0) is 33.6 Å². The molecule has 18 heavy (non-hydrogen) atoms. The summed E-state index contributed by atoms with van der Waals surface area (Å²) in [7, 11) is 0. The van der Waals surface area contributed by atoms with E-state index >= 15 is 0 Å². The van der Waals surface area contributed by atoms with Gasteiger partial charge in [0.25, 0.3) is 0 Å². The van der Waals surface area contributed by atoms with Crippen molar-refractivity contribution in [1.82, 2.24) is 9.97 Å². The minimum absolute atomic E-state index is 0.195. The van der Waals surface area contributed by atoms with Crippen molar-refractivity contribution < 1.29 is 0 Å². The molecule has 2 rings (SSSR count). The average Bonchev–Trinajstić information content (AvgIpc) is 2.35. The summed E-state index contributed by atoms with van der Waals surface area (Å²) in [6.45, 7) is 7.35. The Morgan fingerprint density at radius 2 is 1.83 bits per heavy atom. The first kappa shape index (κ1) is 13.1. The van der Waals surface area contributed by atoms with Crippen LogP contribution in [0.4, 0.5) is 11.6 Å². The van der Waals surface area contributed by atoms with Gasteiger partial charge in [0.05, 0.1) is 0 Å². The van der Waals surface area contributed by atoms with Crippen LogP contribution in [0.25, 0.3) is 0 Å². The zero-order valence-electron chi connectivity index (χ0n) is 11.7. The Morgan fingerprint density at radius 1 is 1.17 bits per heavy atom. The van der Waals surface area contributed by atoms with Gasteiger partial charge in [-0.15, -0.1) is 0 Å². The molecule has 1 heterocycles. The highest BCUT2D eigenvalue weighted by Gasteiger charge is 2.27. The Morgan fingerprint density at radius 3 is 2.50 bits per heavy atom. The van der Waals surface area contributed by atoms with E-state index in [4.69, 9.17) is 0 Å². The van der Waals surface area contributed by atoms with Gasteiger partial charge >= 0.3 is 0 Å². The fourth-order valence-electron chi connectivity index (χ4n) is 2.66. The molecule has 1 aromatic heterocycles. The maximum atomic E-state index is 4.40. The van der Waals surface area contributed by atoms with E-state index in [0.717, 1.165) is 23.7 Å². The summed E-state index contributed by atoms with van der Waals surface area (Å²) in [5.41, 5.74) is 1.31. The fourth-order valence-corrected chi connectivity index (χ4v) is 2.66. The van der Waals surface area contributed by atoms with Gasteiger partial charge in [0.1, 0.15) is 18.0 Å². The average molecular weight is 248 g/mol. The van der Waals surface area contributed by atoms with E-state index in [0.29, 0.717) is 0 Å². The summed E-state index contributed by atoms with van der Waals surface area (Å²) in [5, 5.41) is 6.91. The number of nitrogens with zero attached hydrogens (tertiary/aromatic N) is 2. The summed E-state index contributed by atoms with van der Waals surface area (Å²) < 4.78 is 0. The summed E-state index contributed by atoms with van der Waals surface area (Å²) in [4.78, 5) is 8.68. The lowest BCUT2D eigenvalue weighted by Crippen LogP contribution is -2.37. The van der Waals surface area contributed by atoms with Gasteiger partial charge in [0, 0.05) is 17.6 Å². The topological polar surface area (TPSA) is 49.8 Å². The van der Waals surface area contributed by atoms with Crippen LogP contribution in [0.5, 0.6) is 0 Å². The molecule has 0 aromatic carbocycles. The van der Waals surface area contributed by atoms with Crippen LogP contribution in [0, 0.1) is 6.92 Å². The van der Waals surface area contributed by atoms with Gasteiger partial charge in [-0.25, -0.2) is 9.97 Å². The second-order valence-corrected chi connectivity index (χ2v) is 5.47. The van der Waals surface area contributed by atoms with Crippen molar-refractivity contribution in [1.29, 1.82) is 0 Å². The van der Waals surface area contributed by atoms with Crippen LogP contribution in [0.3, 0.4) is 0 Å². The first-order valence-electron chi connectivity index (χ1n) is 6.98. The maximum Gasteiger partial charge on any atom is 0.134 e. The summed E-state index contributed by atoms with van der Waals surface area (Å²) in [6, 6.07) is 0. The first-order chi connectivity index (χ1) is 8.64. The van der Waals surface area contributed by atoms with Crippen LogP contribution in [0.2, 0.25) is 0 Å². The highest BCUT2D eigenvalue weighted by Crippen LogP contribution is 2.32. The molecule has 1 saturated carbocycles. The standard InChI is InChI=1S/C14H24N4/c1-4-15-12-11(2)13(17-10-16-12)18-14(3)8-6-5-7-9-14/h10H,4-9H2,1-3H3,(H2,15,16,17,18). The molecule has 4 nitrogen and oxygen atoms in total. The van der Waals surface area contributed by atoms with E-state index in [1.54, 1.807) is 6.33 Å². The van der Waals surface area contributed by atoms with E-state index in [1.807, 2.05) is 0 Å². The van der Waals surface area contributed by atoms with Crippen molar-refractivity contribution in [3.63, 3.8) is 0 Å². The minimum atomic E-state index is 0.195. The zero-order chi connectivity index (χ0) is 13.0. The normalized spacial score (nSPS) is 18.4. The fraction of sp³-hybridized carbons (Fsp3) is 0.714. The Balaban J connectivity index is 2.15. The predicted molar refractivity (Wildman–Crippen MR) is 76.0 cm³/mol. The molecule has 0 bridgehead atoms. The van der Waals surface area contributed by atoms with Crippen LogP contribution >= 0.6 is 0 Å². The molecule has 1 aliphatic rings. The smallest absolute Gasteiger partial charge is 0.134 e. The van der Waals surface area contributed by atoms with E-state index in [1.165, 1.54) is 32.1 Å². The van der Waals surface area contributed by atoms with Gasteiger partial charge in [0.2, 0.25) is 0 Å². The van der Waals surface area contributed by atoms with Crippen molar-refractivity contribution in [2.45, 2.75) is 58.4 Å². The summed E-state index contributed by atoms with van der Waals surface area (Å²) >= 11 is 0. The second kappa shape index (κ2) is 5.55. The number of hydrogen-bond donors (Lipinski definition) is 2. The third-order valence-electron chi connectivity index (χ3n) is 3.81. The molecule has 0 atom stereocenters. The van der Waals surface area contributed by atoms with E-state index in [9.17, 15) is 0 Å². The predicted octanol–water partition coefficient (Wildman–Crippen LogP) is 3.35. The van der Waals surface area contributed by atoms with Crippen LogP contribution in [0.1, 0.15) is 51.5 Å². The highest BCUT2D eigenvalue weighted by molar-refractivity contribution is 5.57. The number of rotatable bonds is 4. The molecule has 0 spiro atoms. The Kier molecular flexibility index (Phi) is 4.04. The molecule has 0 aliphatic heterocycles. The third kappa shape index (κ3) is 2.92. The van der Waals surface area contributed by atoms with Crippen LogP contribution in [0.15, 0.2) is 6.33 Å². The Hall–Kier alpha value is -1.32. The zero-order valence-corrected chi connectivity index (χ0v) is 11.7. The molecule has 0 amide bonds. The molecular weight excluding hydrogens is 224 g/mol. The van der Waals surface area contributed by atoms with Crippen LogP contribution in [-0.4, -0.2) is 22.1 Å². The molecule has 0 radical (unpaired) electrons. The second-order valence-electron chi connectivity index (χ2n) is 5.47. The lowest BCUT2D eigenvalue weighted by Gasteiger charge is -2.35. The van der Waals surface area contributed by atoms with Crippen molar-refractivity contribution >= 4 is 11.6 Å². The van der Waals surface area contributed by atoms with Gasteiger partial charge in [-0.2, -0.15) is 0 Å². The summed E-state index contributed by atoms with van der Waals surface area (Å²) in [5.74, 6) is 1.92. The Labute approximate surface area is 110 Å². The molecule has 1 fully saturated rings. The van der Waals surface area contributed by atoms with E-state index in [-0.39, 0.29) is 5.54 Å². The van der Waals surface area contributed by atoms with Crippen molar-refractivity contribution in [2.75, 3.05) is 17.2 Å². The van der Waals surface area contributed by atoms with Crippen LogP contribution < -0.4 is 10.6 Å². The monoisotopic (exact) mass is 248 g/mol. The van der Waals surface area contributed by atoms with Gasteiger partial charge < -0.3 is 10.6 Å². The van der Waals surface area contributed by atoms with Crippen molar-refractivity contribution in [3.8, 4) is 0 Å². The number of hydrogen-bond acceptors (Lipinski definition) is 4. The van der Waals surface area contributed by atoms with Gasteiger partial charge in [-0.1, -0.05) is 19.3 Å². The van der Waals surface area contributed by atoms with Crippen molar-refractivity contribution in [3.05, 3.63) is 11.9 Å². The SMILES string of the molecule is CCNc1ncnc(NC2(C)CCCCC2)c1C.